The molecule has 3 fully saturated rings. The number of nitrogens with zero attached hydrogens (tertiary/aromatic N) is 2. The second kappa shape index (κ2) is 9.34. The van der Waals surface area contributed by atoms with Crippen LogP contribution in [0, 0.1) is 5.41 Å². The lowest BCUT2D eigenvalue weighted by Crippen LogP contribution is -2.78. The topological polar surface area (TPSA) is 94.6 Å². The summed E-state index contributed by atoms with van der Waals surface area (Å²) >= 11 is 0. The summed E-state index contributed by atoms with van der Waals surface area (Å²) < 4.78 is 42.6. The van der Waals surface area contributed by atoms with Crippen molar-refractivity contribution in [3.8, 4) is 0 Å². The van der Waals surface area contributed by atoms with Crippen molar-refractivity contribution in [2.75, 3.05) is 12.4 Å². The summed E-state index contributed by atoms with van der Waals surface area (Å²) in [5, 5.41) is 14.7. The standard InChI is InChI=1S/C28H27F3N4O3/c1-35(24(36)26-15-27(16-26,17-26)34-25(37)38)23(28(29,30)31)21-13-12-20(14-32-21)33-22(18-8-4-2-5-9-18)19-10-6-3-7-11-19/h2-14,22-23,33-34H,15-17H2,1H3,(H,37,38). The number of carbonyl (C=O) groups excluding carboxylic acids is 1. The van der Waals surface area contributed by atoms with Crippen molar-refractivity contribution in [3.05, 3.63) is 95.8 Å². The summed E-state index contributed by atoms with van der Waals surface area (Å²) in [6.07, 6.45) is -3.99. The summed E-state index contributed by atoms with van der Waals surface area (Å²) in [6.45, 7) is 0. The van der Waals surface area contributed by atoms with E-state index in [2.05, 4.69) is 15.6 Å². The molecule has 1 heterocycles. The van der Waals surface area contributed by atoms with Crippen LogP contribution in [-0.4, -0.2) is 45.8 Å². The molecule has 2 bridgehead atoms. The van der Waals surface area contributed by atoms with Crippen molar-refractivity contribution in [1.29, 1.82) is 0 Å². The van der Waals surface area contributed by atoms with Gasteiger partial charge in [0, 0.05) is 12.6 Å². The Hall–Kier alpha value is -4.08. The Labute approximate surface area is 217 Å². The number of rotatable bonds is 8. The number of hydrogen-bond acceptors (Lipinski definition) is 4. The minimum Gasteiger partial charge on any atom is -0.465 e. The van der Waals surface area contributed by atoms with Gasteiger partial charge in [0.15, 0.2) is 6.04 Å². The highest BCUT2D eigenvalue weighted by atomic mass is 19.4. The van der Waals surface area contributed by atoms with Crippen LogP contribution in [0.1, 0.15) is 48.2 Å². The molecular weight excluding hydrogens is 497 g/mol. The van der Waals surface area contributed by atoms with E-state index in [4.69, 9.17) is 5.11 Å². The lowest BCUT2D eigenvalue weighted by Gasteiger charge is -2.69. The van der Waals surface area contributed by atoms with Crippen LogP contribution in [-0.2, 0) is 4.79 Å². The van der Waals surface area contributed by atoms with Gasteiger partial charge in [-0.1, -0.05) is 60.7 Å². The Morgan fingerprint density at radius 1 is 0.947 bits per heavy atom. The van der Waals surface area contributed by atoms with Gasteiger partial charge in [-0.2, -0.15) is 13.2 Å². The fourth-order valence-corrected chi connectivity index (χ4v) is 5.92. The highest BCUT2D eigenvalue weighted by Gasteiger charge is 2.73. The van der Waals surface area contributed by atoms with Crippen molar-refractivity contribution < 1.29 is 27.9 Å². The second-order valence-electron chi connectivity index (χ2n) is 10.3. The van der Waals surface area contributed by atoms with Gasteiger partial charge in [0.25, 0.3) is 0 Å². The van der Waals surface area contributed by atoms with Gasteiger partial charge in [-0.25, -0.2) is 4.79 Å². The molecule has 2 aromatic carbocycles. The molecule has 6 rings (SSSR count). The predicted molar refractivity (Wildman–Crippen MR) is 134 cm³/mol. The van der Waals surface area contributed by atoms with Crippen LogP contribution in [0.5, 0.6) is 0 Å². The molecular formula is C28H27F3N4O3. The normalized spacial score (nSPS) is 22.6. The molecule has 3 saturated carbocycles. The monoisotopic (exact) mass is 524 g/mol. The number of carboxylic acid groups (broad SMARTS) is 1. The van der Waals surface area contributed by atoms with Gasteiger partial charge in [-0.15, -0.1) is 0 Å². The van der Waals surface area contributed by atoms with Crippen molar-refractivity contribution in [2.45, 2.75) is 43.1 Å². The number of alkyl halides is 3. The minimum atomic E-state index is -4.75. The van der Waals surface area contributed by atoms with E-state index < -0.39 is 35.2 Å². The lowest BCUT2D eigenvalue weighted by atomic mass is 9.39. The molecule has 3 aliphatic carbocycles. The second-order valence-corrected chi connectivity index (χ2v) is 10.3. The van der Waals surface area contributed by atoms with Gasteiger partial charge in [0.05, 0.1) is 29.0 Å². The Morgan fingerprint density at radius 3 is 1.95 bits per heavy atom. The van der Waals surface area contributed by atoms with E-state index in [1.165, 1.54) is 18.3 Å². The molecule has 3 aliphatic rings. The SMILES string of the molecule is CN(C(=O)C12CC(NC(=O)O)(C1)C2)C(c1ccc(NC(c2ccccc2)c2ccccc2)cn1)C(F)(F)F. The van der Waals surface area contributed by atoms with Crippen LogP contribution in [0.15, 0.2) is 79.0 Å². The van der Waals surface area contributed by atoms with Gasteiger partial charge < -0.3 is 20.6 Å². The fourth-order valence-electron chi connectivity index (χ4n) is 5.92. The maximum absolute atomic E-state index is 14.2. The van der Waals surface area contributed by atoms with Gasteiger partial charge in [0.1, 0.15) is 0 Å². The first-order chi connectivity index (χ1) is 18.0. The third-order valence-corrected chi connectivity index (χ3v) is 7.52. The van der Waals surface area contributed by atoms with Crippen LogP contribution in [0.3, 0.4) is 0 Å². The summed E-state index contributed by atoms with van der Waals surface area (Å²) in [5.41, 5.74) is 0.545. The predicted octanol–water partition coefficient (Wildman–Crippen LogP) is 5.54. The van der Waals surface area contributed by atoms with Crippen molar-refractivity contribution in [1.82, 2.24) is 15.2 Å². The zero-order valence-corrected chi connectivity index (χ0v) is 20.6. The summed E-state index contributed by atoms with van der Waals surface area (Å²) in [6, 6.07) is 19.7. The molecule has 0 radical (unpaired) electrons. The van der Waals surface area contributed by atoms with Gasteiger partial charge >= 0.3 is 12.3 Å². The third-order valence-electron chi connectivity index (χ3n) is 7.52. The number of halogens is 3. The Kier molecular flexibility index (Phi) is 6.28. The number of carbonyl (C=O) groups is 2. The van der Waals surface area contributed by atoms with Crippen LogP contribution < -0.4 is 10.6 Å². The van der Waals surface area contributed by atoms with E-state index in [0.717, 1.165) is 18.2 Å². The van der Waals surface area contributed by atoms with Crippen molar-refractivity contribution in [3.63, 3.8) is 0 Å². The summed E-state index contributed by atoms with van der Waals surface area (Å²) in [5.74, 6) is -0.647. The number of aromatic nitrogens is 1. The molecule has 1 aromatic heterocycles. The average Bonchev–Trinajstić information content (AvgIpc) is 2.84. The number of benzene rings is 2. The highest BCUT2D eigenvalue weighted by molar-refractivity contribution is 5.88. The van der Waals surface area contributed by atoms with Crippen LogP contribution in [0.2, 0.25) is 0 Å². The van der Waals surface area contributed by atoms with E-state index in [-0.39, 0.29) is 31.0 Å². The van der Waals surface area contributed by atoms with Crippen LogP contribution in [0.4, 0.5) is 23.7 Å². The highest BCUT2D eigenvalue weighted by Crippen LogP contribution is 2.68. The van der Waals surface area contributed by atoms with Gasteiger partial charge in [-0.05, 0) is 42.5 Å². The van der Waals surface area contributed by atoms with Gasteiger partial charge in [-0.3, -0.25) is 9.78 Å². The summed E-state index contributed by atoms with van der Waals surface area (Å²) in [7, 11) is 1.13. The maximum Gasteiger partial charge on any atom is 0.414 e. The molecule has 198 valence electrons. The lowest BCUT2D eigenvalue weighted by molar-refractivity contribution is -0.214. The Bertz CT molecular complexity index is 1260. The zero-order chi connectivity index (χ0) is 27.1. The molecule has 1 unspecified atom stereocenters. The first-order valence-corrected chi connectivity index (χ1v) is 12.2. The van der Waals surface area contributed by atoms with E-state index in [1.807, 2.05) is 60.7 Å². The molecule has 0 saturated heterocycles. The molecule has 0 spiro atoms. The Balaban J connectivity index is 1.34. The first kappa shape index (κ1) is 25.6. The molecule has 7 nitrogen and oxygen atoms in total. The quantitative estimate of drug-likeness (QED) is 0.360. The Morgan fingerprint density at radius 2 is 1.50 bits per heavy atom. The molecule has 2 amide bonds. The van der Waals surface area contributed by atoms with E-state index >= 15 is 0 Å². The number of amides is 2. The molecule has 3 aromatic rings. The molecule has 10 heteroatoms. The van der Waals surface area contributed by atoms with Crippen molar-refractivity contribution in [2.24, 2.45) is 5.41 Å². The average molecular weight is 525 g/mol. The molecule has 0 aliphatic heterocycles. The number of pyridine rings is 1. The maximum atomic E-state index is 14.2. The molecule has 3 N–H and O–H groups in total. The van der Waals surface area contributed by atoms with E-state index in [0.29, 0.717) is 10.6 Å². The minimum absolute atomic E-state index is 0.205. The fraction of sp³-hybridized carbons (Fsp3) is 0.321. The smallest absolute Gasteiger partial charge is 0.414 e. The van der Waals surface area contributed by atoms with Gasteiger partial charge in [0.2, 0.25) is 5.91 Å². The first-order valence-electron chi connectivity index (χ1n) is 12.2. The third kappa shape index (κ3) is 4.66. The number of nitrogens with one attached hydrogen (secondary N) is 2. The van der Waals surface area contributed by atoms with Crippen molar-refractivity contribution >= 4 is 17.7 Å². The zero-order valence-electron chi connectivity index (χ0n) is 20.6. The summed E-state index contributed by atoms with van der Waals surface area (Å²) in [4.78, 5) is 28.9. The largest absolute Gasteiger partial charge is 0.465 e. The van der Waals surface area contributed by atoms with Crippen LogP contribution >= 0.6 is 0 Å². The van der Waals surface area contributed by atoms with Crippen LogP contribution in [0.25, 0.3) is 0 Å². The molecule has 38 heavy (non-hydrogen) atoms. The number of hydrogen-bond donors (Lipinski definition) is 3. The number of anilines is 1. The van der Waals surface area contributed by atoms with E-state index in [1.54, 1.807) is 0 Å². The molecule has 1 atom stereocenters. The van der Waals surface area contributed by atoms with E-state index in [9.17, 15) is 22.8 Å².